The summed E-state index contributed by atoms with van der Waals surface area (Å²) in [7, 11) is 1.46. The highest BCUT2D eigenvalue weighted by atomic mass is 35.5. The SMILES string of the molecule is COc1ccc(-c2nnc(NC(=O)CCl)s2)c(F)c1. The van der Waals surface area contributed by atoms with Gasteiger partial charge in [0, 0.05) is 11.6 Å². The molecule has 0 atom stereocenters. The average molecular weight is 302 g/mol. The van der Waals surface area contributed by atoms with Gasteiger partial charge < -0.3 is 4.74 Å². The smallest absolute Gasteiger partial charge is 0.241 e. The van der Waals surface area contributed by atoms with Crippen LogP contribution < -0.4 is 10.1 Å². The Bertz CT molecular complexity index is 605. The van der Waals surface area contributed by atoms with Crippen LogP contribution in [-0.2, 0) is 4.79 Å². The molecule has 1 N–H and O–H groups in total. The molecule has 2 rings (SSSR count). The maximum Gasteiger partial charge on any atom is 0.241 e. The van der Waals surface area contributed by atoms with Crippen molar-refractivity contribution in [3.8, 4) is 16.3 Å². The second-order valence-corrected chi connectivity index (χ2v) is 4.68. The summed E-state index contributed by atoms with van der Waals surface area (Å²) in [5, 5.41) is 10.7. The van der Waals surface area contributed by atoms with E-state index in [1.165, 1.54) is 13.2 Å². The van der Waals surface area contributed by atoms with Gasteiger partial charge in [0.15, 0.2) is 5.01 Å². The quantitative estimate of drug-likeness (QED) is 0.881. The molecule has 2 aromatic rings. The largest absolute Gasteiger partial charge is 0.497 e. The molecule has 1 aromatic carbocycles. The monoisotopic (exact) mass is 301 g/mol. The zero-order chi connectivity index (χ0) is 13.8. The zero-order valence-electron chi connectivity index (χ0n) is 9.81. The third-order valence-electron chi connectivity index (χ3n) is 2.20. The number of benzene rings is 1. The van der Waals surface area contributed by atoms with Gasteiger partial charge in [-0.15, -0.1) is 21.8 Å². The molecule has 0 aliphatic rings. The fourth-order valence-electron chi connectivity index (χ4n) is 1.33. The number of hydrogen-bond acceptors (Lipinski definition) is 5. The molecule has 8 heteroatoms. The van der Waals surface area contributed by atoms with Gasteiger partial charge in [-0.2, -0.15) is 0 Å². The number of nitrogens with zero attached hydrogens (tertiary/aromatic N) is 2. The molecule has 0 fully saturated rings. The van der Waals surface area contributed by atoms with Gasteiger partial charge >= 0.3 is 0 Å². The number of ether oxygens (including phenoxy) is 1. The van der Waals surface area contributed by atoms with Gasteiger partial charge in [-0.1, -0.05) is 11.3 Å². The number of hydrogen-bond donors (Lipinski definition) is 1. The van der Waals surface area contributed by atoms with E-state index in [2.05, 4.69) is 15.5 Å². The Morgan fingerprint density at radius 3 is 2.95 bits per heavy atom. The minimum Gasteiger partial charge on any atom is -0.497 e. The van der Waals surface area contributed by atoms with Gasteiger partial charge in [0.25, 0.3) is 0 Å². The lowest BCUT2D eigenvalue weighted by molar-refractivity contribution is -0.113. The lowest BCUT2D eigenvalue weighted by Gasteiger charge is -2.02. The Morgan fingerprint density at radius 2 is 2.32 bits per heavy atom. The Morgan fingerprint density at radius 1 is 1.53 bits per heavy atom. The second-order valence-electron chi connectivity index (χ2n) is 3.44. The zero-order valence-corrected chi connectivity index (χ0v) is 11.4. The highest BCUT2D eigenvalue weighted by molar-refractivity contribution is 7.18. The fourth-order valence-corrected chi connectivity index (χ4v) is 2.19. The van der Waals surface area contributed by atoms with Crippen LogP contribution in [0.25, 0.3) is 10.6 Å². The Balaban J connectivity index is 2.25. The van der Waals surface area contributed by atoms with Gasteiger partial charge in [-0.25, -0.2) is 4.39 Å². The van der Waals surface area contributed by atoms with E-state index in [0.717, 1.165) is 11.3 Å². The highest BCUT2D eigenvalue weighted by Crippen LogP contribution is 2.30. The number of nitrogens with one attached hydrogen (secondary N) is 1. The number of carbonyl (C=O) groups excluding carboxylic acids is 1. The molecule has 1 amide bonds. The first-order valence-electron chi connectivity index (χ1n) is 5.17. The highest BCUT2D eigenvalue weighted by Gasteiger charge is 2.13. The van der Waals surface area contributed by atoms with Crippen molar-refractivity contribution in [3.05, 3.63) is 24.0 Å². The predicted molar refractivity (Wildman–Crippen MR) is 71.2 cm³/mol. The van der Waals surface area contributed by atoms with Gasteiger partial charge in [0.1, 0.15) is 17.4 Å². The maximum absolute atomic E-state index is 13.8. The van der Waals surface area contributed by atoms with Crippen molar-refractivity contribution in [3.63, 3.8) is 0 Å². The van der Waals surface area contributed by atoms with Crippen molar-refractivity contribution < 1.29 is 13.9 Å². The Hall–Kier alpha value is -1.73. The summed E-state index contributed by atoms with van der Waals surface area (Å²) in [5.41, 5.74) is 0.296. The summed E-state index contributed by atoms with van der Waals surface area (Å²) >= 11 is 6.42. The summed E-state index contributed by atoms with van der Waals surface area (Å²) in [6.45, 7) is 0. The number of halogens is 2. The fraction of sp³-hybridized carbons (Fsp3) is 0.182. The molecule has 0 aliphatic carbocycles. The maximum atomic E-state index is 13.8. The minimum atomic E-state index is -0.467. The third kappa shape index (κ3) is 3.18. The normalized spacial score (nSPS) is 10.3. The van der Waals surface area contributed by atoms with E-state index in [1.807, 2.05) is 0 Å². The van der Waals surface area contributed by atoms with Crippen LogP contribution in [0.15, 0.2) is 18.2 Å². The van der Waals surface area contributed by atoms with Crippen molar-refractivity contribution in [1.82, 2.24) is 10.2 Å². The lowest BCUT2D eigenvalue weighted by atomic mass is 10.2. The van der Waals surface area contributed by atoms with E-state index in [9.17, 15) is 9.18 Å². The van der Waals surface area contributed by atoms with Gasteiger partial charge in [0.05, 0.1) is 7.11 Å². The molecular formula is C11H9ClFN3O2S. The Kier molecular flexibility index (Phi) is 4.28. The topological polar surface area (TPSA) is 64.1 Å². The number of rotatable bonds is 4. The molecule has 0 bridgehead atoms. The van der Waals surface area contributed by atoms with Crippen molar-refractivity contribution in [2.75, 3.05) is 18.3 Å². The molecule has 1 aromatic heterocycles. The van der Waals surface area contributed by atoms with Crippen LogP contribution in [0.5, 0.6) is 5.75 Å². The first-order chi connectivity index (χ1) is 9.13. The van der Waals surface area contributed by atoms with Crippen molar-refractivity contribution >= 4 is 34.0 Å². The first kappa shape index (κ1) is 13.7. The average Bonchev–Trinajstić information content (AvgIpc) is 2.86. The minimum absolute atomic E-state index is 0.175. The molecule has 19 heavy (non-hydrogen) atoms. The predicted octanol–water partition coefficient (Wildman–Crippen LogP) is 2.53. The second kappa shape index (κ2) is 5.94. The lowest BCUT2D eigenvalue weighted by Crippen LogP contribution is -2.12. The van der Waals surface area contributed by atoms with Crippen LogP contribution in [-0.4, -0.2) is 29.1 Å². The van der Waals surface area contributed by atoms with Crippen molar-refractivity contribution in [2.24, 2.45) is 0 Å². The van der Waals surface area contributed by atoms with Crippen LogP contribution >= 0.6 is 22.9 Å². The van der Waals surface area contributed by atoms with E-state index >= 15 is 0 Å². The van der Waals surface area contributed by atoms with Gasteiger partial charge in [0.2, 0.25) is 11.0 Å². The van der Waals surface area contributed by atoms with Crippen molar-refractivity contribution in [2.45, 2.75) is 0 Å². The van der Waals surface area contributed by atoms with Crippen LogP contribution in [0.4, 0.5) is 9.52 Å². The van der Waals surface area contributed by atoms with E-state index in [4.69, 9.17) is 16.3 Å². The summed E-state index contributed by atoms with van der Waals surface area (Å²) in [5.74, 6) is -0.613. The van der Waals surface area contributed by atoms with E-state index in [1.54, 1.807) is 12.1 Å². The number of methoxy groups -OCH3 is 1. The van der Waals surface area contributed by atoms with E-state index in [-0.39, 0.29) is 16.9 Å². The molecular weight excluding hydrogens is 293 g/mol. The van der Waals surface area contributed by atoms with Gasteiger partial charge in [-0.05, 0) is 12.1 Å². The number of amides is 1. The summed E-state index contributed by atoms with van der Waals surface area (Å²) in [6.07, 6.45) is 0. The number of anilines is 1. The van der Waals surface area contributed by atoms with E-state index < -0.39 is 5.82 Å². The molecule has 100 valence electrons. The molecule has 0 saturated carbocycles. The van der Waals surface area contributed by atoms with Crippen LogP contribution in [0, 0.1) is 5.82 Å². The van der Waals surface area contributed by atoms with Crippen LogP contribution in [0.3, 0.4) is 0 Å². The third-order valence-corrected chi connectivity index (χ3v) is 3.31. The van der Waals surface area contributed by atoms with Gasteiger partial charge in [-0.3, -0.25) is 10.1 Å². The number of aromatic nitrogens is 2. The van der Waals surface area contributed by atoms with Crippen molar-refractivity contribution in [1.29, 1.82) is 0 Å². The summed E-state index contributed by atoms with van der Waals surface area (Å²) < 4.78 is 18.7. The molecule has 0 spiro atoms. The molecule has 5 nitrogen and oxygen atoms in total. The number of alkyl halides is 1. The molecule has 0 saturated heterocycles. The summed E-state index contributed by atoms with van der Waals surface area (Å²) in [6, 6.07) is 4.42. The molecule has 0 radical (unpaired) electrons. The van der Waals surface area contributed by atoms with Crippen LogP contribution in [0.2, 0.25) is 0 Å². The molecule has 0 aliphatic heterocycles. The van der Waals surface area contributed by atoms with E-state index in [0.29, 0.717) is 16.3 Å². The molecule has 1 heterocycles. The molecule has 0 unspecified atom stereocenters. The standard InChI is InChI=1S/C11H9ClFN3O2S/c1-18-6-2-3-7(8(13)4-6)10-15-16-11(19-10)14-9(17)5-12/h2-4H,5H2,1H3,(H,14,16,17). The summed E-state index contributed by atoms with van der Waals surface area (Å²) in [4.78, 5) is 11.1. The number of carbonyl (C=O) groups is 1. The Labute approximate surface area is 117 Å². The van der Waals surface area contributed by atoms with Crippen LogP contribution in [0.1, 0.15) is 0 Å². The first-order valence-corrected chi connectivity index (χ1v) is 6.52.